The van der Waals surface area contributed by atoms with Crippen molar-refractivity contribution >= 4 is 0 Å². The van der Waals surface area contributed by atoms with Crippen LogP contribution in [0.4, 0.5) is 0 Å². The fourth-order valence-electron chi connectivity index (χ4n) is 8.51. The summed E-state index contributed by atoms with van der Waals surface area (Å²) in [6, 6.07) is 0.410. The van der Waals surface area contributed by atoms with Crippen LogP contribution in [0.5, 0.6) is 0 Å². The molecule has 4 aliphatic rings. The zero-order valence-corrected chi connectivity index (χ0v) is 17.3. The Morgan fingerprint density at radius 2 is 1.67 bits per heavy atom. The summed E-state index contributed by atoms with van der Waals surface area (Å²) in [7, 11) is 0. The molecule has 1 heterocycles. The first-order chi connectivity index (χ1) is 12.9. The van der Waals surface area contributed by atoms with Crippen molar-refractivity contribution in [1.29, 1.82) is 0 Å². The Labute approximate surface area is 164 Å². The van der Waals surface area contributed by atoms with Gasteiger partial charge in [0, 0.05) is 0 Å². The van der Waals surface area contributed by atoms with E-state index in [1.807, 2.05) is 17.2 Å². The molecular weight excluding hydrogens is 334 g/mol. The van der Waals surface area contributed by atoms with Gasteiger partial charge >= 0.3 is 0 Å². The molecule has 1 aromatic rings. The van der Waals surface area contributed by atoms with Crippen molar-refractivity contribution in [2.24, 2.45) is 40.9 Å². The van der Waals surface area contributed by atoms with E-state index >= 15 is 0 Å². The van der Waals surface area contributed by atoms with Crippen LogP contribution in [-0.4, -0.2) is 25.7 Å². The Hall–Kier alpha value is -0.900. The van der Waals surface area contributed by atoms with Crippen LogP contribution in [-0.2, 0) is 0 Å². The Kier molecular flexibility index (Phi) is 4.24. The molecule has 4 saturated carbocycles. The van der Waals surface area contributed by atoms with Gasteiger partial charge in [0.15, 0.2) is 0 Å². The average Bonchev–Trinajstić information content (AvgIpc) is 3.27. The molecule has 27 heavy (non-hydrogen) atoms. The second-order valence-corrected chi connectivity index (χ2v) is 11.0. The minimum Gasteiger partial charge on any atom is -0.390 e. The van der Waals surface area contributed by atoms with Crippen molar-refractivity contribution < 1.29 is 5.11 Å². The zero-order valence-electron chi connectivity index (χ0n) is 17.3. The molecule has 4 heteroatoms. The highest BCUT2D eigenvalue weighted by molar-refractivity contribution is 5.07. The normalized spacial score (nSPS) is 50.5. The molecule has 1 aromatic heterocycles. The SMILES string of the molecule is C[C@@H](C1CC[C@H]2[C@@H]3CC[C@@H]4C[C@](C)(O)CC[C@@H]4[C@H]3CC[C@]12C)n1nccn1. The van der Waals surface area contributed by atoms with Crippen molar-refractivity contribution in [3.8, 4) is 0 Å². The quantitative estimate of drug-likeness (QED) is 0.808. The number of nitrogens with zero attached hydrogens (tertiary/aromatic N) is 3. The van der Waals surface area contributed by atoms with E-state index in [9.17, 15) is 5.11 Å². The molecule has 0 radical (unpaired) electrons. The molecular formula is C23H37N3O. The van der Waals surface area contributed by atoms with Crippen molar-refractivity contribution in [2.75, 3.05) is 0 Å². The van der Waals surface area contributed by atoms with Gasteiger partial charge in [-0.1, -0.05) is 6.92 Å². The molecule has 9 atom stereocenters. The minimum atomic E-state index is -0.401. The number of rotatable bonds is 2. The third-order valence-electron chi connectivity index (χ3n) is 9.69. The van der Waals surface area contributed by atoms with Crippen LogP contribution in [0.1, 0.15) is 84.6 Å². The van der Waals surface area contributed by atoms with E-state index in [-0.39, 0.29) is 0 Å². The van der Waals surface area contributed by atoms with Crippen LogP contribution in [0.15, 0.2) is 12.4 Å². The van der Waals surface area contributed by atoms with Crippen molar-refractivity contribution in [3.05, 3.63) is 12.4 Å². The lowest BCUT2D eigenvalue weighted by molar-refractivity contribution is -0.102. The summed E-state index contributed by atoms with van der Waals surface area (Å²) < 4.78 is 0. The maximum Gasteiger partial charge on any atom is 0.0721 e. The summed E-state index contributed by atoms with van der Waals surface area (Å²) in [4.78, 5) is 1.96. The largest absolute Gasteiger partial charge is 0.390 e. The number of hydrogen-bond donors (Lipinski definition) is 1. The first kappa shape index (κ1) is 18.1. The second-order valence-electron chi connectivity index (χ2n) is 11.0. The molecule has 4 aliphatic carbocycles. The predicted octanol–water partition coefficient (Wildman–Crippen LogP) is 4.86. The summed E-state index contributed by atoms with van der Waals surface area (Å²) in [5, 5.41) is 19.5. The smallest absolute Gasteiger partial charge is 0.0721 e. The molecule has 5 rings (SSSR count). The summed E-state index contributed by atoms with van der Waals surface area (Å²) in [5.74, 6) is 5.12. The van der Waals surface area contributed by atoms with Crippen molar-refractivity contribution in [3.63, 3.8) is 0 Å². The van der Waals surface area contributed by atoms with E-state index in [0.717, 1.165) is 42.4 Å². The monoisotopic (exact) mass is 371 g/mol. The highest BCUT2D eigenvalue weighted by Gasteiger charge is 2.58. The van der Waals surface area contributed by atoms with Gasteiger partial charge in [-0.2, -0.15) is 15.0 Å². The van der Waals surface area contributed by atoms with E-state index in [2.05, 4.69) is 31.0 Å². The lowest BCUT2D eigenvalue weighted by Crippen LogP contribution is -2.51. The van der Waals surface area contributed by atoms with Crippen LogP contribution in [0.3, 0.4) is 0 Å². The molecule has 4 fully saturated rings. The van der Waals surface area contributed by atoms with E-state index in [1.54, 1.807) is 0 Å². The summed E-state index contributed by atoms with van der Waals surface area (Å²) in [6.45, 7) is 7.01. The zero-order chi connectivity index (χ0) is 18.8. The molecule has 4 nitrogen and oxygen atoms in total. The molecule has 0 aliphatic heterocycles. The standard InChI is InChI=1S/C23H37N3O/c1-15(26-24-12-13-25-26)20-6-7-21-19-5-4-16-14-22(2,27)10-8-17(16)18(19)9-11-23(20,21)3/h12-13,15-21,27H,4-11,14H2,1-3H3/t15-,16+,17-,18+,19+,20?,21-,22+,23+/m0/s1. The fourth-order valence-corrected chi connectivity index (χ4v) is 8.51. The minimum absolute atomic E-state index is 0.401. The van der Waals surface area contributed by atoms with Gasteiger partial charge in [0.05, 0.1) is 24.0 Å². The lowest BCUT2D eigenvalue weighted by atomic mass is 9.49. The maximum atomic E-state index is 10.6. The third-order valence-corrected chi connectivity index (χ3v) is 9.69. The Morgan fingerprint density at radius 1 is 0.926 bits per heavy atom. The topological polar surface area (TPSA) is 50.9 Å². The summed E-state index contributed by atoms with van der Waals surface area (Å²) in [6.07, 6.45) is 15.3. The highest BCUT2D eigenvalue weighted by atomic mass is 16.3. The summed E-state index contributed by atoms with van der Waals surface area (Å²) >= 11 is 0. The van der Waals surface area contributed by atoms with E-state index < -0.39 is 5.60 Å². The summed E-state index contributed by atoms with van der Waals surface area (Å²) in [5.41, 5.74) is 0.0586. The van der Waals surface area contributed by atoms with E-state index in [1.165, 1.54) is 44.9 Å². The lowest BCUT2D eigenvalue weighted by Gasteiger charge is -2.57. The predicted molar refractivity (Wildman–Crippen MR) is 106 cm³/mol. The van der Waals surface area contributed by atoms with Gasteiger partial charge in [-0.25, -0.2) is 0 Å². The molecule has 150 valence electrons. The number of aliphatic hydroxyl groups is 1. The van der Waals surface area contributed by atoms with Crippen LogP contribution in [0.25, 0.3) is 0 Å². The van der Waals surface area contributed by atoms with Crippen molar-refractivity contribution in [1.82, 2.24) is 15.0 Å². The van der Waals surface area contributed by atoms with Crippen LogP contribution < -0.4 is 0 Å². The maximum absolute atomic E-state index is 10.6. The van der Waals surface area contributed by atoms with Gasteiger partial charge in [-0.15, -0.1) is 0 Å². The van der Waals surface area contributed by atoms with Gasteiger partial charge in [-0.3, -0.25) is 0 Å². The number of aromatic nitrogens is 3. The van der Waals surface area contributed by atoms with Crippen LogP contribution in [0.2, 0.25) is 0 Å². The molecule has 0 bridgehead atoms. The van der Waals surface area contributed by atoms with Crippen molar-refractivity contribution in [2.45, 2.75) is 90.2 Å². The number of fused-ring (bicyclic) bond motifs is 5. The number of hydrogen-bond acceptors (Lipinski definition) is 3. The van der Waals surface area contributed by atoms with Gasteiger partial charge in [-0.05, 0) is 113 Å². The second kappa shape index (κ2) is 6.30. The van der Waals surface area contributed by atoms with Gasteiger partial charge in [0.1, 0.15) is 0 Å². The van der Waals surface area contributed by atoms with Gasteiger partial charge < -0.3 is 5.11 Å². The Bertz CT molecular complexity index is 671. The molecule has 0 amide bonds. The van der Waals surface area contributed by atoms with E-state index in [0.29, 0.717) is 17.4 Å². The third kappa shape index (κ3) is 2.81. The fraction of sp³-hybridized carbons (Fsp3) is 0.913. The van der Waals surface area contributed by atoms with Gasteiger partial charge in [0.2, 0.25) is 0 Å². The molecule has 0 aromatic carbocycles. The molecule has 1 unspecified atom stereocenters. The highest BCUT2D eigenvalue weighted by Crippen LogP contribution is 2.66. The average molecular weight is 372 g/mol. The van der Waals surface area contributed by atoms with Crippen LogP contribution in [0, 0.1) is 40.9 Å². The molecule has 0 spiro atoms. The Morgan fingerprint density at radius 3 is 2.44 bits per heavy atom. The Balaban J connectivity index is 1.36. The van der Waals surface area contributed by atoms with E-state index in [4.69, 9.17) is 0 Å². The molecule has 0 saturated heterocycles. The first-order valence-electron chi connectivity index (χ1n) is 11.5. The molecule has 1 N–H and O–H groups in total. The van der Waals surface area contributed by atoms with Gasteiger partial charge in [0.25, 0.3) is 0 Å². The van der Waals surface area contributed by atoms with Crippen LogP contribution >= 0.6 is 0 Å². The first-order valence-corrected chi connectivity index (χ1v) is 11.5.